The van der Waals surface area contributed by atoms with E-state index in [1.165, 1.54) is 25.3 Å². The molecule has 2 unspecified atom stereocenters. The van der Waals surface area contributed by atoms with Crippen LogP contribution in [0.15, 0.2) is 52.9 Å². The van der Waals surface area contributed by atoms with Gasteiger partial charge in [-0.25, -0.2) is 9.59 Å². The number of aryl methyl sites for hydroxylation is 1. The van der Waals surface area contributed by atoms with Crippen LogP contribution >= 0.6 is 0 Å². The Morgan fingerprint density at radius 3 is 2.42 bits per heavy atom. The van der Waals surface area contributed by atoms with Gasteiger partial charge >= 0.3 is 11.9 Å². The number of aromatic nitrogens is 2. The highest BCUT2D eigenvalue weighted by molar-refractivity contribution is 6.00. The predicted octanol–water partition coefficient (Wildman–Crippen LogP) is 4.61. The summed E-state index contributed by atoms with van der Waals surface area (Å²) in [5.41, 5.74) is 2.64. The molecule has 1 aliphatic heterocycles. The Kier molecular flexibility index (Phi) is 9.64. The topological polar surface area (TPSA) is 146 Å². The monoisotopic (exact) mass is 526 g/mol. The van der Waals surface area contributed by atoms with Crippen molar-refractivity contribution in [3.63, 3.8) is 0 Å². The zero-order valence-corrected chi connectivity index (χ0v) is 22.3. The van der Waals surface area contributed by atoms with E-state index in [0.717, 1.165) is 25.0 Å². The number of H-pyrrole nitrogens is 1. The van der Waals surface area contributed by atoms with Gasteiger partial charge in [0.15, 0.2) is 0 Å². The Balaban J connectivity index is 1.68. The lowest BCUT2D eigenvalue weighted by Crippen LogP contribution is -2.33. The molecule has 0 bridgehead atoms. The third-order valence-corrected chi connectivity index (χ3v) is 6.30. The van der Waals surface area contributed by atoms with Gasteiger partial charge in [-0.2, -0.15) is 0 Å². The van der Waals surface area contributed by atoms with Gasteiger partial charge in [0.05, 0.1) is 41.8 Å². The van der Waals surface area contributed by atoms with Gasteiger partial charge < -0.3 is 19.5 Å². The first-order valence-electron chi connectivity index (χ1n) is 12.5. The Hall–Kier alpha value is -4.15. The SMILES string of the molecule is COC(=O)C1=C(C)NC(C)=C(C(=O)OC(C)CCCCCOc2cc(C)[nH]n2)C1c1cccc([N+](=O)[O-])c1. The number of carbonyl (C=O) groups is 2. The summed E-state index contributed by atoms with van der Waals surface area (Å²) in [6, 6.07) is 7.73. The van der Waals surface area contributed by atoms with Gasteiger partial charge in [-0.15, -0.1) is 5.10 Å². The lowest BCUT2D eigenvalue weighted by molar-refractivity contribution is -0.384. The zero-order valence-electron chi connectivity index (χ0n) is 22.3. The second-order valence-electron chi connectivity index (χ2n) is 9.28. The number of benzene rings is 1. The van der Waals surface area contributed by atoms with E-state index in [0.29, 0.717) is 35.9 Å². The summed E-state index contributed by atoms with van der Waals surface area (Å²) >= 11 is 0. The molecule has 0 aliphatic carbocycles. The highest BCUT2D eigenvalue weighted by Gasteiger charge is 2.38. The second-order valence-corrected chi connectivity index (χ2v) is 9.28. The average molecular weight is 527 g/mol. The smallest absolute Gasteiger partial charge is 0.337 e. The minimum atomic E-state index is -0.883. The van der Waals surface area contributed by atoms with Crippen LogP contribution in [0.25, 0.3) is 0 Å². The maximum Gasteiger partial charge on any atom is 0.337 e. The summed E-state index contributed by atoms with van der Waals surface area (Å²) in [4.78, 5) is 37.1. The van der Waals surface area contributed by atoms with Crippen molar-refractivity contribution in [1.82, 2.24) is 15.5 Å². The maximum absolute atomic E-state index is 13.4. The molecule has 1 aromatic heterocycles. The fourth-order valence-corrected chi connectivity index (χ4v) is 4.46. The van der Waals surface area contributed by atoms with Gasteiger partial charge in [0.2, 0.25) is 5.88 Å². The zero-order chi connectivity index (χ0) is 27.8. The first kappa shape index (κ1) is 28.4. The van der Waals surface area contributed by atoms with E-state index >= 15 is 0 Å². The standard InChI is InChI=1S/C27H34N4O7/c1-16-14-22(30-29-16)37-13-8-6-7-10-17(2)38-27(33)24-19(4)28-18(3)23(26(32)36-5)25(24)20-11-9-12-21(15-20)31(34)35/h9,11-12,14-15,17,25,28H,6-8,10,13H2,1-5H3,(H,29,30). The lowest BCUT2D eigenvalue weighted by Gasteiger charge is -2.30. The average Bonchev–Trinajstić information content (AvgIpc) is 3.29. The minimum absolute atomic E-state index is 0.145. The number of nitro benzene ring substituents is 1. The fourth-order valence-electron chi connectivity index (χ4n) is 4.46. The predicted molar refractivity (Wildman–Crippen MR) is 139 cm³/mol. The Labute approximate surface area is 221 Å². The van der Waals surface area contributed by atoms with Crippen LogP contribution in [0.5, 0.6) is 5.88 Å². The number of hydrogen-bond acceptors (Lipinski definition) is 9. The van der Waals surface area contributed by atoms with E-state index in [2.05, 4.69) is 15.5 Å². The van der Waals surface area contributed by atoms with E-state index in [-0.39, 0.29) is 22.9 Å². The first-order valence-corrected chi connectivity index (χ1v) is 12.5. The van der Waals surface area contributed by atoms with Crippen LogP contribution in [-0.4, -0.2) is 46.9 Å². The molecule has 38 heavy (non-hydrogen) atoms. The Morgan fingerprint density at radius 1 is 1.08 bits per heavy atom. The maximum atomic E-state index is 13.4. The summed E-state index contributed by atoms with van der Waals surface area (Å²) in [5, 5.41) is 21.3. The molecule has 0 saturated carbocycles. The van der Waals surface area contributed by atoms with E-state index < -0.39 is 22.8 Å². The van der Waals surface area contributed by atoms with Gasteiger partial charge in [0.1, 0.15) is 0 Å². The number of allylic oxidation sites excluding steroid dienone is 2. The lowest BCUT2D eigenvalue weighted by atomic mass is 9.80. The molecular weight excluding hydrogens is 492 g/mol. The number of aromatic amines is 1. The molecule has 11 heteroatoms. The molecule has 0 radical (unpaired) electrons. The van der Waals surface area contributed by atoms with Crippen LogP contribution in [0.1, 0.15) is 63.6 Å². The number of dihydropyridines is 1. The van der Waals surface area contributed by atoms with E-state index in [9.17, 15) is 19.7 Å². The molecule has 1 aliphatic rings. The summed E-state index contributed by atoms with van der Waals surface area (Å²) in [6.45, 7) is 7.68. The molecule has 0 saturated heterocycles. The Morgan fingerprint density at radius 2 is 1.79 bits per heavy atom. The molecule has 1 aromatic carbocycles. The molecule has 0 fully saturated rings. The van der Waals surface area contributed by atoms with Crippen molar-refractivity contribution in [3.8, 4) is 5.88 Å². The molecule has 11 nitrogen and oxygen atoms in total. The summed E-state index contributed by atoms with van der Waals surface area (Å²) in [7, 11) is 1.25. The first-order chi connectivity index (χ1) is 18.1. The van der Waals surface area contributed by atoms with Crippen molar-refractivity contribution in [2.75, 3.05) is 13.7 Å². The quantitative estimate of drug-likeness (QED) is 0.175. The number of hydrogen-bond donors (Lipinski definition) is 2. The number of nitrogens with zero attached hydrogens (tertiary/aromatic N) is 2. The van der Waals surface area contributed by atoms with Crippen LogP contribution in [0, 0.1) is 17.0 Å². The van der Waals surface area contributed by atoms with Crippen molar-refractivity contribution >= 4 is 17.6 Å². The number of non-ortho nitro benzene ring substituents is 1. The van der Waals surface area contributed by atoms with Crippen LogP contribution in [0.4, 0.5) is 5.69 Å². The van der Waals surface area contributed by atoms with E-state index in [1.54, 1.807) is 19.9 Å². The highest BCUT2D eigenvalue weighted by Crippen LogP contribution is 2.40. The van der Waals surface area contributed by atoms with Crippen molar-refractivity contribution < 1.29 is 28.7 Å². The summed E-state index contributed by atoms with van der Waals surface area (Å²) in [6.07, 6.45) is 2.82. The molecule has 0 spiro atoms. The van der Waals surface area contributed by atoms with Gasteiger partial charge in [-0.1, -0.05) is 12.1 Å². The molecule has 2 heterocycles. The highest BCUT2D eigenvalue weighted by atomic mass is 16.6. The number of esters is 2. The number of rotatable bonds is 12. The second kappa shape index (κ2) is 12.9. The molecule has 2 atom stereocenters. The normalized spacial score (nSPS) is 16.1. The number of ether oxygens (including phenoxy) is 3. The number of nitrogens with one attached hydrogen (secondary N) is 2. The van der Waals surface area contributed by atoms with E-state index in [1.807, 2.05) is 19.9 Å². The van der Waals surface area contributed by atoms with Crippen LogP contribution < -0.4 is 10.1 Å². The molecule has 0 amide bonds. The third kappa shape index (κ3) is 6.99. The van der Waals surface area contributed by atoms with Crippen molar-refractivity contribution in [2.24, 2.45) is 0 Å². The van der Waals surface area contributed by atoms with Crippen LogP contribution in [-0.2, 0) is 19.1 Å². The number of unbranched alkanes of at least 4 members (excludes halogenated alkanes) is 2. The number of carbonyl (C=O) groups excluding carboxylic acids is 2. The molecule has 2 N–H and O–H groups in total. The molecule has 3 rings (SSSR count). The van der Waals surface area contributed by atoms with Gasteiger partial charge in [0.25, 0.3) is 5.69 Å². The van der Waals surface area contributed by atoms with Gasteiger partial charge in [-0.05, 0) is 58.9 Å². The Bertz CT molecular complexity index is 1250. The molecule has 204 valence electrons. The summed E-state index contributed by atoms with van der Waals surface area (Å²) in [5.74, 6) is -1.54. The van der Waals surface area contributed by atoms with Gasteiger partial charge in [-0.3, -0.25) is 15.2 Å². The number of nitro groups is 1. The van der Waals surface area contributed by atoms with Gasteiger partial charge in [0, 0.05) is 35.3 Å². The number of methoxy groups -OCH3 is 1. The molecule has 2 aromatic rings. The summed E-state index contributed by atoms with van der Waals surface area (Å²) < 4.78 is 16.4. The van der Waals surface area contributed by atoms with Crippen LogP contribution in [0.2, 0.25) is 0 Å². The van der Waals surface area contributed by atoms with Crippen molar-refractivity contribution in [3.05, 3.63) is 74.2 Å². The fraction of sp³-hybridized carbons (Fsp3) is 0.444. The van der Waals surface area contributed by atoms with E-state index in [4.69, 9.17) is 14.2 Å². The minimum Gasteiger partial charge on any atom is -0.477 e. The largest absolute Gasteiger partial charge is 0.477 e. The van der Waals surface area contributed by atoms with Crippen molar-refractivity contribution in [2.45, 2.75) is 65.4 Å². The van der Waals surface area contributed by atoms with Crippen molar-refractivity contribution in [1.29, 1.82) is 0 Å². The molecular formula is C27H34N4O7. The van der Waals surface area contributed by atoms with Crippen LogP contribution in [0.3, 0.4) is 0 Å². The third-order valence-electron chi connectivity index (χ3n) is 6.30.